The Bertz CT molecular complexity index is 957. The highest BCUT2D eigenvalue weighted by Crippen LogP contribution is 2.38. The topological polar surface area (TPSA) is 72.1 Å². The summed E-state index contributed by atoms with van der Waals surface area (Å²) in [5.41, 5.74) is 8.76. The van der Waals surface area contributed by atoms with E-state index in [1.54, 1.807) is 0 Å². The third kappa shape index (κ3) is 2.75. The Labute approximate surface area is 154 Å². The number of nitrogens with zero attached hydrogens (tertiary/aromatic N) is 3. The summed E-state index contributed by atoms with van der Waals surface area (Å²) in [4.78, 5) is 16.0. The van der Waals surface area contributed by atoms with E-state index in [2.05, 4.69) is 22.3 Å². The van der Waals surface area contributed by atoms with Crippen LogP contribution in [0.25, 0.3) is 10.2 Å². The van der Waals surface area contributed by atoms with Crippen LogP contribution >= 0.6 is 22.9 Å². The summed E-state index contributed by atoms with van der Waals surface area (Å²) >= 11 is 7.33. The van der Waals surface area contributed by atoms with Gasteiger partial charge >= 0.3 is 0 Å². The molecular weight excluding hydrogens is 356 g/mol. The van der Waals surface area contributed by atoms with Gasteiger partial charge in [0.2, 0.25) is 0 Å². The summed E-state index contributed by atoms with van der Waals surface area (Å²) in [6.07, 6.45) is 0.964. The normalized spacial score (nSPS) is 17.4. The van der Waals surface area contributed by atoms with Crippen LogP contribution in [0.5, 0.6) is 0 Å². The number of hydrogen-bond donors (Lipinski definition) is 1. The van der Waals surface area contributed by atoms with Gasteiger partial charge in [-0.05, 0) is 18.9 Å². The molecule has 0 radical (unpaired) electrons. The standard InChI is InChI=1S/C18H17ClN4OS/c1-10-13-14(20)15(25-17(13)22-21-16(10)19)18(24)23-8-7-12(9-23)11-5-3-2-4-6-11/h2-6,12H,7-9,20H2,1H3. The van der Waals surface area contributed by atoms with Crippen LogP contribution in [-0.2, 0) is 0 Å². The van der Waals surface area contributed by atoms with Crippen molar-refractivity contribution in [1.82, 2.24) is 15.1 Å². The van der Waals surface area contributed by atoms with Crippen molar-refractivity contribution in [3.8, 4) is 0 Å². The van der Waals surface area contributed by atoms with Crippen LogP contribution in [0, 0.1) is 6.92 Å². The Morgan fingerprint density at radius 3 is 2.84 bits per heavy atom. The molecule has 1 fully saturated rings. The third-order valence-electron chi connectivity index (χ3n) is 4.78. The van der Waals surface area contributed by atoms with Crippen molar-refractivity contribution in [3.63, 3.8) is 0 Å². The number of carbonyl (C=O) groups is 1. The first kappa shape index (κ1) is 16.3. The lowest BCUT2D eigenvalue weighted by atomic mass is 9.99. The number of aromatic nitrogens is 2. The minimum atomic E-state index is -0.0329. The number of fused-ring (bicyclic) bond motifs is 1. The number of aryl methyl sites for hydroxylation is 1. The molecule has 5 nitrogen and oxygen atoms in total. The molecule has 0 bridgehead atoms. The highest BCUT2D eigenvalue weighted by molar-refractivity contribution is 7.21. The number of carbonyl (C=O) groups excluding carboxylic acids is 1. The number of amides is 1. The van der Waals surface area contributed by atoms with Gasteiger partial charge in [0.25, 0.3) is 5.91 Å². The average Bonchev–Trinajstić information content (AvgIpc) is 3.24. The van der Waals surface area contributed by atoms with Gasteiger partial charge < -0.3 is 10.6 Å². The van der Waals surface area contributed by atoms with Gasteiger partial charge in [0.1, 0.15) is 9.71 Å². The van der Waals surface area contributed by atoms with E-state index in [0.29, 0.717) is 33.0 Å². The van der Waals surface area contributed by atoms with Crippen LogP contribution in [0.1, 0.15) is 33.1 Å². The van der Waals surface area contributed by atoms with Crippen molar-refractivity contribution >= 4 is 44.7 Å². The van der Waals surface area contributed by atoms with Crippen molar-refractivity contribution in [3.05, 3.63) is 51.5 Å². The average molecular weight is 373 g/mol. The fraction of sp³-hybridized carbons (Fsp3) is 0.278. The Morgan fingerprint density at radius 2 is 2.08 bits per heavy atom. The summed E-state index contributed by atoms with van der Waals surface area (Å²) in [6.45, 7) is 3.29. The first-order valence-corrected chi connectivity index (χ1v) is 9.30. The molecule has 3 aromatic rings. The van der Waals surface area contributed by atoms with Gasteiger partial charge in [-0.15, -0.1) is 21.5 Å². The lowest BCUT2D eigenvalue weighted by molar-refractivity contribution is 0.0796. The van der Waals surface area contributed by atoms with Gasteiger partial charge in [-0.2, -0.15) is 0 Å². The maximum atomic E-state index is 13.0. The zero-order valence-electron chi connectivity index (χ0n) is 13.7. The smallest absolute Gasteiger partial charge is 0.266 e. The van der Waals surface area contributed by atoms with Gasteiger partial charge in [-0.1, -0.05) is 41.9 Å². The fourth-order valence-corrected chi connectivity index (χ4v) is 4.58. The van der Waals surface area contributed by atoms with Gasteiger partial charge in [-0.3, -0.25) is 4.79 Å². The predicted octanol–water partition coefficient (Wildman–Crippen LogP) is 3.87. The van der Waals surface area contributed by atoms with E-state index in [0.717, 1.165) is 23.9 Å². The SMILES string of the molecule is Cc1c(Cl)nnc2sc(C(=O)N3CCC(c4ccccc4)C3)c(N)c12. The minimum Gasteiger partial charge on any atom is -0.397 e. The summed E-state index contributed by atoms with van der Waals surface area (Å²) in [7, 11) is 0. The molecule has 1 saturated heterocycles. The van der Waals surface area contributed by atoms with Crippen molar-refractivity contribution in [2.24, 2.45) is 0 Å². The summed E-state index contributed by atoms with van der Waals surface area (Å²) < 4.78 is 0. The van der Waals surface area contributed by atoms with E-state index in [-0.39, 0.29) is 5.91 Å². The maximum absolute atomic E-state index is 13.0. The number of nitrogens with two attached hydrogens (primary N) is 1. The van der Waals surface area contributed by atoms with Gasteiger partial charge in [-0.25, -0.2) is 0 Å². The Balaban J connectivity index is 1.63. The second-order valence-electron chi connectivity index (χ2n) is 6.29. The van der Waals surface area contributed by atoms with Crippen LogP contribution in [0.4, 0.5) is 5.69 Å². The molecule has 1 unspecified atom stereocenters. The van der Waals surface area contributed by atoms with E-state index in [4.69, 9.17) is 17.3 Å². The van der Waals surface area contributed by atoms with Crippen LogP contribution in [-0.4, -0.2) is 34.1 Å². The molecule has 1 aliphatic rings. The number of anilines is 1. The number of rotatable bonds is 2. The molecule has 4 rings (SSSR count). The number of benzene rings is 1. The van der Waals surface area contributed by atoms with E-state index >= 15 is 0 Å². The van der Waals surface area contributed by atoms with E-state index < -0.39 is 0 Å². The molecule has 128 valence electrons. The molecule has 1 aromatic carbocycles. The zero-order chi connectivity index (χ0) is 17.6. The van der Waals surface area contributed by atoms with Crippen molar-refractivity contribution in [2.45, 2.75) is 19.3 Å². The van der Waals surface area contributed by atoms with Gasteiger partial charge in [0.15, 0.2) is 5.15 Å². The van der Waals surface area contributed by atoms with Gasteiger partial charge in [0.05, 0.1) is 5.69 Å². The fourth-order valence-electron chi connectivity index (χ4n) is 3.38. The van der Waals surface area contributed by atoms with Crippen LogP contribution in [0.15, 0.2) is 30.3 Å². The summed E-state index contributed by atoms with van der Waals surface area (Å²) in [6, 6.07) is 10.3. The molecule has 2 aromatic heterocycles. The van der Waals surface area contributed by atoms with Crippen molar-refractivity contribution in [1.29, 1.82) is 0 Å². The molecule has 1 atom stereocenters. The summed E-state index contributed by atoms with van der Waals surface area (Å²) in [5, 5.41) is 9.06. The monoisotopic (exact) mass is 372 g/mol. The van der Waals surface area contributed by atoms with Crippen LogP contribution in [0.3, 0.4) is 0 Å². The highest BCUT2D eigenvalue weighted by atomic mass is 35.5. The van der Waals surface area contributed by atoms with Crippen molar-refractivity contribution in [2.75, 3.05) is 18.8 Å². The quantitative estimate of drug-likeness (QED) is 0.741. The summed E-state index contributed by atoms with van der Waals surface area (Å²) in [5.74, 6) is 0.339. The van der Waals surface area contributed by atoms with Crippen molar-refractivity contribution < 1.29 is 4.79 Å². The predicted molar refractivity (Wildman–Crippen MR) is 101 cm³/mol. The molecule has 1 amide bonds. The molecule has 3 heterocycles. The van der Waals surface area contributed by atoms with Crippen LogP contribution in [0.2, 0.25) is 5.15 Å². The maximum Gasteiger partial charge on any atom is 0.266 e. The largest absolute Gasteiger partial charge is 0.397 e. The number of likely N-dealkylation sites (tertiary alicyclic amines) is 1. The molecule has 0 spiro atoms. The molecule has 25 heavy (non-hydrogen) atoms. The molecule has 0 saturated carbocycles. The minimum absolute atomic E-state index is 0.0329. The lowest BCUT2D eigenvalue weighted by Gasteiger charge is -2.16. The first-order valence-electron chi connectivity index (χ1n) is 8.11. The third-order valence-corrected chi connectivity index (χ3v) is 6.22. The van der Waals surface area contributed by atoms with Gasteiger partial charge in [0, 0.05) is 30.0 Å². The lowest BCUT2D eigenvalue weighted by Crippen LogP contribution is -2.28. The van der Waals surface area contributed by atoms with E-state index in [1.165, 1.54) is 16.9 Å². The number of halogens is 1. The molecule has 2 N–H and O–H groups in total. The Kier molecular flexibility index (Phi) is 4.09. The number of nitrogen functional groups attached to an aromatic ring is 1. The zero-order valence-corrected chi connectivity index (χ0v) is 15.3. The number of hydrogen-bond acceptors (Lipinski definition) is 5. The van der Waals surface area contributed by atoms with E-state index in [1.807, 2.05) is 30.0 Å². The Hall–Kier alpha value is -2.18. The second kappa shape index (κ2) is 6.28. The second-order valence-corrected chi connectivity index (χ2v) is 7.65. The molecule has 0 aliphatic carbocycles. The molecular formula is C18H17ClN4OS. The highest BCUT2D eigenvalue weighted by Gasteiger charge is 2.30. The molecule has 1 aliphatic heterocycles. The molecule has 7 heteroatoms. The first-order chi connectivity index (χ1) is 12.1. The van der Waals surface area contributed by atoms with E-state index in [9.17, 15) is 4.79 Å². The Morgan fingerprint density at radius 1 is 1.32 bits per heavy atom. The number of thiophene rings is 1. The van der Waals surface area contributed by atoms with Crippen LogP contribution < -0.4 is 5.73 Å².